The van der Waals surface area contributed by atoms with Crippen LogP contribution >= 0.6 is 11.3 Å². The second-order valence-electron chi connectivity index (χ2n) is 6.97. The number of nitrogens with zero attached hydrogens (tertiary/aromatic N) is 2. The molecular formula is C22H19N3OS. The molecule has 0 saturated carbocycles. The van der Waals surface area contributed by atoms with E-state index >= 15 is 0 Å². The van der Waals surface area contributed by atoms with Gasteiger partial charge < -0.3 is 5.32 Å². The van der Waals surface area contributed by atoms with E-state index in [9.17, 15) is 4.79 Å². The smallest absolute Gasteiger partial charge is 0.322 e. The molecule has 0 spiro atoms. The number of aliphatic imine (C=N–C) groups is 1. The average Bonchev–Trinajstić information content (AvgIpc) is 3.41. The van der Waals surface area contributed by atoms with E-state index < -0.39 is 0 Å². The Hall–Kier alpha value is -2.92. The highest BCUT2D eigenvalue weighted by molar-refractivity contribution is 7.10. The number of aryl methyl sites for hydroxylation is 1. The molecule has 3 aromatic rings. The van der Waals surface area contributed by atoms with Gasteiger partial charge in [-0.05, 0) is 52.8 Å². The Morgan fingerprint density at radius 3 is 2.74 bits per heavy atom. The Morgan fingerprint density at radius 1 is 1.11 bits per heavy atom. The van der Waals surface area contributed by atoms with Crippen LogP contribution in [0.15, 0.2) is 58.9 Å². The molecule has 1 fully saturated rings. The molecule has 4 nitrogen and oxygen atoms in total. The van der Waals surface area contributed by atoms with Crippen LogP contribution in [0, 0.1) is 6.92 Å². The molecule has 1 saturated heterocycles. The summed E-state index contributed by atoms with van der Waals surface area (Å²) >= 11 is 1.76. The van der Waals surface area contributed by atoms with Gasteiger partial charge in [0.25, 0.3) is 0 Å². The minimum Gasteiger partial charge on any atom is -0.335 e. The molecule has 2 aromatic carbocycles. The first-order chi connectivity index (χ1) is 13.2. The Balaban J connectivity index is 1.46. The van der Waals surface area contributed by atoms with Gasteiger partial charge in [0, 0.05) is 29.7 Å². The van der Waals surface area contributed by atoms with Crippen molar-refractivity contribution >= 4 is 35.0 Å². The third-order valence-corrected chi connectivity index (χ3v) is 6.09. The average molecular weight is 373 g/mol. The van der Waals surface area contributed by atoms with Crippen LogP contribution in [0.5, 0.6) is 0 Å². The number of thiophene rings is 1. The molecule has 0 radical (unpaired) electrons. The largest absolute Gasteiger partial charge is 0.335 e. The van der Waals surface area contributed by atoms with E-state index in [-0.39, 0.29) is 12.1 Å². The lowest BCUT2D eigenvalue weighted by Crippen LogP contribution is -2.29. The first-order valence-electron chi connectivity index (χ1n) is 9.07. The van der Waals surface area contributed by atoms with Crippen molar-refractivity contribution < 1.29 is 4.79 Å². The van der Waals surface area contributed by atoms with Gasteiger partial charge in [-0.3, -0.25) is 9.89 Å². The van der Waals surface area contributed by atoms with Crippen LogP contribution in [0.4, 0.5) is 16.2 Å². The number of nitrogens with one attached hydrogen (secondary N) is 1. The maximum atomic E-state index is 12.5. The van der Waals surface area contributed by atoms with Crippen molar-refractivity contribution in [3.8, 4) is 11.1 Å². The third kappa shape index (κ3) is 2.84. The first kappa shape index (κ1) is 16.3. The number of carbonyl (C=O) groups is 1. The molecule has 27 heavy (non-hydrogen) atoms. The number of benzene rings is 2. The molecule has 2 aliphatic heterocycles. The van der Waals surface area contributed by atoms with Gasteiger partial charge in [0.15, 0.2) is 0 Å². The van der Waals surface area contributed by atoms with Crippen molar-refractivity contribution in [2.75, 3.05) is 11.4 Å². The second-order valence-corrected chi connectivity index (χ2v) is 8.08. The number of rotatable bonds is 3. The molecule has 5 rings (SSSR count). The van der Waals surface area contributed by atoms with Crippen molar-refractivity contribution in [2.45, 2.75) is 19.4 Å². The Kier molecular flexibility index (Phi) is 3.83. The second kappa shape index (κ2) is 6.35. The van der Waals surface area contributed by atoms with Crippen molar-refractivity contribution in [1.82, 2.24) is 5.32 Å². The van der Waals surface area contributed by atoms with Crippen molar-refractivity contribution in [2.24, 2.45) is 4.99 Å². The summed E-state index contributed by atoms with van der Waals surface area (Å²) in [7, 11) is 0. The lowest BCUT2D eigenvalue weighted by molar-refractivity contribution is 0.251. The van der Waals surface area contributed by atoms with Crippen LogP contribution in [0.2, 0.25) is 0 Å². The van der Waals surface area contributed by atoms with E-state index in [1.165, 1.54) is 21.6 Å². The zero-order valence-corrected chi connectivity index (χ0v) is 15.8. The summed E-state index contributed by atoms with van der Waals surface area (Å²) in [6.45, 7) is 2.73. The van der Waals surface area contributed by atoms with Gasteiger partial charge in [-0.25, -0.2) is 4.79 Å². The number of hydrogen-bond donors (Lipinski definition) is 1. The topological polar surface area (TPSA) is 44.7 Å². The minimum absolute atomic E-state index is 0.0146. The van der Waals surface area contributed by atoms with Crippen molar-refractivity contribution in [3.05, 3.63) is 69.9 Å². The Bertz CT molecular complexity index is 1050. The van der Waals surface area contributed by atoms with Crippen LogP contribution in [0.1, 0.15) is 22.0 Å². The third-order valence-electron chi connectivity index (χ3n) is 5.23. The molecule has 0 aliphatic carbocycles. The number of fused-ring (bicyclic) bond motifs is 1. The quantitative estimate of drug-likeness (QED) is 0.669. The zero-order chi connectivity index (χ0) is 18.4. The van der Waals surface area contributed by atoms with E-state index in [1.807, 2.05) is 23.2 Å². The minimum atomic E-state index is -0.0561. The van der Waals surface area contributed by atoms with Crippen LogP contribution in [-0.2, 0) is 6.42 Å². The summed E-state index contributed by atoms with van der Waals surface area (Å²) in [5, 5.41) is 5.17. The molecule has 2 amide bonds. The van der Waals surface area contributed by atoms with E-state index in [1.54, 1.807) is 11.3 Å². The van der Waals surface area contributed by atoms with Gasteiger partial charge >= 0.3 is 6.03 Å². The number of amides is 2. The van der Waals surface area contributed by atoms with Crippen molar-refractivity contribution in [3.63, 3.8) is 0 Å². The molecule has 5 heteroatoms. The fourth-order valence-corrected chi connectivity index (χ4v) is 4.51. The van der Waals surface area contributed by atoms with Crippen LogP contribution in [-0.4, -0.2) is 18.8 Å². The monoisotopic (exact) mass is 373 g/mol. The van der Waals surface area contributed by atoms with Gasteiger partial charge in [-0.15, -0.1) is 11.3 Å². The SMILES string of the molecule is Cc1cc(-c2ccc(C3CNC(=O)N3c3ccc4c(c3)N=CC4)cc2)cs1. The molecule has 2 aliphatic rings. The molecule has 1 aromatic heterocycles. The Labute approximate surface area is 162 Å². The fraction of sp³-hybridized carbons (Fsp3) is 0.182. The van der Waals surface area contributed by atoms with Gasteiger partial charge in [-0.1, -0.05) is 30.3 Å². The van der Waals surface area contributed by atoms with E-state index in [0.717, 1.165) is 23.4 Å². The van der Waals surface area contributed by atoms with Crippen molar-refractivity contribution in [1.29, 1.82) is 0 Å². The number of carbonyl (C=O) groups excluding carboxylic acids is 1. The first-order valence-corrected chi connectivity index (χ1v) is 9.95. The molecule has 134 valence electrons. The van der Waals surface area contributed by atoms with Gasteiger partial charge in [0.2, 0.25) is 0 Å². The summed E-state index contributed by atoms with van der Waals surface area (Å²) in [4.78, 5) is 20.1. The molecule has 1 atom stereocenters. The molecule has 0 bridgehead atoms. The van der Waals surface area contributed by atoms with Gasteiger partial charge in [-0.2, -0.15) is 0 Å². The van der Waals surface area contributed by atoms with E-state index in [0.29, 0.717) is 6.54 Å². The van der Waals surface area contributed by atoms with E-state index in [2.05, 4.69) is 59.0 Å². The standard InChI is InChI=1S/C22H19N3OS/c1-14-10-18(13-27-14)15-2-4-17(5-3-15)21-12-24-22(26)25(21)19-7-6-16-8-9-23-20(16)11-19/h2-7,9-11,13,21H,8,12H2,1H3,(H,24,26). The normalized spacial score (nSPS) is 18.0. The lowest BCUT2D eigenvalue weighted by atomic mass is 10.0. The molecule has 1 N–H and O–H groups in total. The number of urea groups is 1. The maximum Gasteiger partial charge on any atom is 0.322 e. The highest BCUT2D eigenvalue weighted by Crippen LogP contribution is 2.36. The predicted molar refractivity (Wildman–Crippen MR) is 111 cm³/mol. The highest BCUT2D eigenvalue weighted by atomic mass is 32.1. The van der Waals surface area contributed by atoms with E-state index in [4.69, 9.17) is 0 Å². The van der Waals surface area contributed by atoms with Gasteiger partial charge in [0.1, 0.15) is 0 Å². The summed E-state index contributed by atoms with van der Waals surface area (Å²) in [5.41, 5.74) is 6.66. The van der Waals surface area contributed by atoms with Crippen LogP contribution in [0.3, 0.4) is 0 Å². The summed E-state index contributed by atoms with van der Waals surface area (Å²) in [6.07, 6.45) is 2.79. The molecule has 3 heterocycles. The summed E-state index contributed by atoms with van der Waals surface area (Å²) < 4.78 is 0. The summed E-state index contributed by atoms with van der Waals surface area (Å²) in [6, 6.07) is 16.8. The number of hydrogen-bond acceptors (Lipinski definition) is 3. The Morgan fingerprint density at radius 2 is 1.96 bits per heavy atom. The molecular weight excluding hydrogens is 354 g/mol. The maximum absolute atomic E-state index is 12.5. The lowest BCUT2D eigenvalue weighted by Gasteiger charge is -2.24. The van der Waals surface area contributed by atoms with Crippen LogP contribution < -0.4 is 10.2 Å². The number of anilines is 1. The highest BCUT2D eigenvalue weighted by Gasteiger charge is 2.33. The molecule has 1 unspecified atom stereocenters. The predicted octanol–water partition coefficient (Wildman–Crippen LogP) is 5.25. The van der Waals surface area contributed by atoms with Gasteiger partial charge in [0.05, 0.1) is 11.7 Å². The van der Waals surface area contributed by atoms with Crippen LogP contribution in [0.25, 0.3) is 11.1 Å². The summed E-state index contributed by atoms with van der Waals surface area (Å²) in [5.74, 6) is 0. The zero-order valence-electron chi connectivity index (χ0n) is 15.0. The fourth-order valence-electron chi connectivity index (χ4n) is 3.80.